The number of carbonyl (C=O) groups is 1. The van der Waals surface area contributed by atoms with E-state index in [0.717, 1.165) is 10.9 Å². The number of pyridine rings is 1. The smallest absolute Gasteiger partial charge is 0.356 e. The SMILES string of the molecule is COC(=O)c1[nH]c2c(c(Cl)nc3ccccc32)c1N. The molecule has 0 atom stereocenters. The van der Waals surface area contributed by atoms with E-state index < -0.39 is 5.97 Å². The summed E-state index contributed by atoms with van der Waals surface area (Å²) in [6, 6.07) is 7.48. The van der Waals surface area contributed by atoms with E-state index in [4.69, 9.17) is 17.3 Å². The second-order valence-corrected chi connectivity index (χ2v) is 4.43. The number of benzene rings is 1. The summed E-state index contributed by atoms with van der Waals surface area (Å²) in [5.74, 6) is -0.533. The first-order valence-corrected chi connectivity index (χ1v) is 5.95. The molecule has 0 fully saturated rings. The number of esters is 1. The second kappa shape index (κ2) is 4.13. The lowest BCUT2D eigenvalue weighted by molar-refractivity contribution is 0.0596. The van der Waals surface area contributed by atoms with Gasteiger partial charge in [0.05, 0.1) is 29.2 Å². The fourth-order valence-electron chi connectivity index (χ4n) is 2.14. The quantitative estimate of drug-likeness (QED) is 0.528. The summed E-state index contributed by atoms with van der Waals surface area (Å²) in [5, 5.41) is 1.65. The number of anilines is 1. The van der Waals surface area contributed by atoms with Crippen molar-refractivity contribution in [2.24, 2.45) is 0 Å². The van der Waals surface area contributed by atoms with E-state index in [2.05, 4.69) is 14.7 Å². The highest BCUT2D eigenvalue weighted by molar-refractivity contribution is 6.37. The van der Waals surface area contributed by atoms with Crippen molar-refractivity contribution >= 4 is 45.1 Å². The number of para-hydroxylation sites is 1. The fraction of sp³-hybridized carbons (Fsp3) is 0.0769. The van der Waals surface area contributed by atoms with E-state index in [1.165, 1.54) is 7.11 Å². The number of nitrogens with two attached hydrogens (primary N) is 1. The number of carbonyl (C=O) groups excluding carboxylic acids is 1. The zero-order valence-corrected chi connectivity index (χ0v) is 10.8. The Kier molecular flexibility index (Phi) is 2.57. The molecule has 0 radical (unpaired) electrons. The van der Waals surface area contributed by atoms with Gasteiger partial charge in [-0.05, 0) is 6.07 Å². The average molecular weight is 276 g/mol. The predicted molar refractivity (Wildman–Crippen MR) is 74.4 cm³/mol. The zero-order chi connectivity index (χ0) is 13.6. The van der Waals surface area contributed by atoms with Crippen LogP contribution in [0, 0.1) is 0 Å². The molecule has 0 saturated carbocycles. The van der Waals surface area contributed by atoms with Gasteiger partial charge in [-0.25, -0.2) is 9.78 Å². The topological polar surface area (TPSA) is 81.0 Å². The summed E-state index contributed by atoms with van der Waals surface area (Å²) < 4.78 is 4.68. The maximum absolute atomic E-state index is 11.7. The predicted octanol–water partition coefficient (Wildman–Crippen LogP) is 2.74. The van der Waals surface area contributed by atoms with Crippen molar-refractivity contribution in [2.75, 3.05) is 12.8 Å². The minimum absolute atomic E-state index is 0.192. The van der Waals surface area contributed by atoms with Crippen LogP contribution in [0.3, 0.4) is 0 Å². The minimum Gasteiger partial charge on any atom is -0.464 e. The Labute approximate surface area is 113 Å². The molecule has 19 heavy (non-hydrogen) atoms. The van der Waals surface area contributed by atoms with E-state index in [-0.39, 0.29) is 16.5 Å². The van der Waals surface area contributed by atoms with Gasteiger partial charge in [-0.15, -0.1) is 0 Å². The van der Waals surface area contributed by atoms with Gasteiger partial charge in [0.15, 0.2) is 0 Å². The van der Waals surface area contributed by atoms with Gasteiger partial charge in [0.2, 0.25) is 0 Å². The number of ether oxygens (including phenoxy) is 1. The van der Waals surface area contributed by atoms with Gasteiger partial charge in [0.25, 0.3) is 0 Å². The van der Waals surface area contributed by atoms with Crippen molar-refractivity contribution in [3.63, 3.8) is 0 Å². The number of hydrogen-bond donors (Lipinski definition) is 2. The van der Waals surface area contributed by atoms with Crippen LogP contribution >= 0.6 is 11.6 Å². The van der Waals surface area contributed by atoms with Gasteiger partial charge in [-0.3, -0.25) is 0 Å². The number of methoxy groups -OCH3 is 1. The van der Waals surface area contributed by atoms with Crippen LogP contribution in [-0.4, -0.2) is 23.0 Å². The maximum atomic E-state index is 11.7. The molecule has 0 saturated heterocycles. The number of H-pyrrole nitrogens is 1. The van der Waals surface area contributed by atoms with E-state index in [0.29, 0.717) is 10.9 Å². The molecule has 0 unspecified atom stereocenters. The number of rotatable bonds is 1. The van der Waals surface area contributed by atoms with Gasteiger partial charge in [-0.2, -0.15) is 0 Å². The van der Waals surface area contributed by atoms with Crippen LogP contribution in [-0.2, 0) is 4.74 Å². The van der Waals surface area contributed by atoms with Crippen molar-refractivity contribution < 1.29 is 9.53 Å². The number of aromatic nitrogens is 2. The molecule has 0 bridgehead atoms. The summed E-state index contributed by atoms with van der Waals surface area (Å²) in [7, 11) is 1.30. The van der Waals surface area contributed by atoms with Gasteiger partial charge < -0.3 is 15.5 Å². The largest absolute Gasteiger partial charge is 0.464 e. The summed E-state index contributed by atoms with van der Waals surface area (Å²) in [4.78, 5) is 18.9. The van der Waals surface area contributed by atoms with Crippen LogP contribution in [0.5, 0.6) is 0 Å². The third kappa shape index (κ3) is 1.62. The number of halogens is 1. The molecular formula is C13H10ClN3O2. The first kappa shape index (κ1) is 11.8. The molecule has 5 nitrogen and oxygen atoms in total. The van der Waals surface area contributed by atoms with E-state index in [9.17, 15) is 4.79 Å². The Morgan fingerprint density at radius 3 is 2.89 bits per heavy atom. The summed E-state index contributed by atoms with van der Waals surface area (Å²) in [6.07, 6.45) is 0. The lowest BCUT2D eigenvalue weighted by Gasteiger charge is -2.01. The van der Waals surface area contributed by atoms with Gasteiger partial charge in [0, 0.05) is 5.39 Å². The summed E-state index contributed by atoms with van der Waals surface area (Å²) >= 11 is 6.14. The highest BCUT2D eigenvalue weighted by Gasteiger charge is 2.20. The van der Waals surface area contributed by atoms with E-state index >= 15 is 0 Å². The van der Waals surface area contributed by atoms with E-state index in [1.54, 1.807) is 0 Å². The van der Waals surface area contributed by atoms with Crippen LogP contribution in [0.4, 0.5) is 5.69 Å². The third-order valence-electron chi connectivity index (χ3n) is 3.03. The first-order valence-electron chi connectivity index (χ1n) is 5.57. The molecule has 0 aliphatic carbocycles. The van der Waals surface area contributed by atoms with Gasteiger partial charge in [-0.1, -0.05) is 29.8 Å². The molecule has 3 aromatic rings. The molecule has 0 amide bonds. The highest BCUT2D eigenvalue weighted by Crippen LogP contribution is 2.35. The maximum Gasteiger partial charge on any atom is 0.356 e. The number of nitrogens with zero attached hydrogens (tertiary/aromatic N) is 1. The minimum atomic E-state index is -0.533. The molecule has 6 heteroatoms. The number of nitrogen functional groups attached to an aromatic ring is 1. The number of fused-ring (bicyclic) bond motifs is 3. The molecule has 1 aromatic carbocycles. The Bertz CT molecular complexity index is 810. The lowest BCUT2D eigenvalue weighted by Crippen LogP contribution is -2.04. The average Bonchev–Trinajstić information content (AvgIpc) is 2.77. The lowest BCUT2D eigenvalue weighted by atomic mass is 10.1. The third-order valence-corrected chi connectivity index (χ3v) is 3.30. The number of nitrogens with one attached hydrogen (secondary N) is 1. The van der Waals surface area contributed by atoms with Gasteiger partial charge >= 0.3 is 5.97 Å². The Balaban J connectivity index is 2.48. The molecule has 0 aliphatic heterocycles. The van der Waals surface area contributed by atoms with Crippen LogP contribution in [0.1, 0.15) is 10.5 Å². The van der Waals surface area contributed by atoms with Crippen LogP contribution < -0.4 is 5.73 Å². The molecule has 96 valence electrons. The van der Waals surface area contributed by atoms with Crippen molar-refractivity contribution in [3.8, 4) is 0 Å². The Hall–Kier alpha value is -2.27. The normalized spacial score (nSPS) is 11.1. The molecule has 3 N–H and O–H groups in total. The molecule has 2 aromatic heterocycles. The second-order valence-electron chi connectivity index (χ2n) is 4.08. The molecule has 0 aliphatic rings. The van der Waals surface area contributed by atoms with Gasteiger partial charge in [0.1, 0.15) is 10.8 Å². The van der Waals surface area contributed by atoms with Crippen molar-refractivity contribution in [1.82, 2.24) is 9.97 Å². The standard InChI is InChI=1S/C13H10ClN3O2/c1-19-13(18)11-9(15)8-10(17-11)6-4-2-3-5-7(6)16-12(8)14/h2-5,17H,15H2,1H3. The van der Waals surface area contributed by atoms with Crippen molar-refractivity contribution in [2.45, 2.75) is 0 Å². The fourth-order valence-corrected chi connectivity index (χ4v) is 2.43. The zero-order valence-electron chi connectivity index (χ0n) is 10.0. The van der Waals surface area contributed by atoms with Crippen molar-refractivity contribution in [3.05, 3.63) is 35.1 Å². The highest BCUT2D eigenvalue weighted by atomic mass is 35.5. The monoisotopic (exact) mass is 275 g/mol. The molecule has 2 heterocycles. The Morgan fingerprint density at radius 2 is 2.16 bits per heavy atom. The van der Waals surface area contributed by atoms with Crippen LogP contribution in [0.25, 0.3) is 21.8 Å². The molecular weight excluding hydrogens is 266 g/mol. The molecule has 0 spiro atoms. The van der Waals surface area contributed by atoms with Crippen LogP contribution in [0.2, 0.25) is 5.15 Å². The van der Waals surface area contributed by atoms with Crippen molar-refractivity contribution in [1.29, 1.82) is 0 Å². The summed E-state index contributed by atoms with van der Waals surface area (Å²) in [6.45, 7) is 0. The summed E-state index contributed by atoms with van der Waals surface area (Å²) in [5.41, 5.74) is 7.82. The first-order chi connectivity index (χ1) is 9.13. The number of aromatic amines is 1. The Morgan fingerprint density at radius 1 is 1.42 bits per heavy atom. The molecule has 3 rings (SSSR count). The van der Waals surface area contributed by atoms with Crippen LogP contribution in [0.15, 0.2) is 24.3 Å². The van der Waals surface area contributed by atoms with E-state index in [1.807, 2.05) is 24.3 Å². The number of hydrogen-bond acceptors (Lipinski definition) is 4.